The average Bonchev–Trinajstić information content (AvgIpc) is 2.70. The molecule has 0 saturated carbocycles. The van der Waals surface area contributed by atoms with Crippen molar-refractivity contribution in [2.24, 2.45) is 5.73 Å². The maximum absolute atomic E-state index is 12.1. The molecule has 13 nitrogen and oxygen atoms in total. The van der Waals surface area contributed by atoms with Crippen LogP contribution in [0.3, 0.4) is 0 Å². The number of rotatable bonds is 12. The third-order valence-electron chi connectivity index (χ3n) is 4.75. The normalized spacial score (nSPS) is 26.5. The van der Waals surface area contributed by atoms with Gasteiger partial charge in [-0.05, 0) is 19.3 Å². The van der Waals surface area contributed by atoms with E-state index >= 15 is 0 Å². The van der Waals surface area contributed by atoms with E-state index in [1.807, 2.05) is 0 Å². The molecule has 0 aromatic rings. The van der Waals surface area contributed by atoms with Crippen LogP contribution >= 0.6 is 0 Å². The summed E-state index contributed by atoms with van der Waals surface area (Å²) in [6.07, 6.45) is -5.77. The number of hydrogen-bond acceptors (Lipinski definition) is 9. The standard InChI is InChI=1S/C18H32N4O9/c1-9(24)22-10(18(30)21-7-13(19)25)4-2-3-5-20-14(26)6-11-15(27)17(29)16(28)12(8-23)31-11/h10-12,15-17,23,27-29H,2-8H2,1H3,(H2,19,25)(H,20,26)(H,21,30)(H,22,24)/t10-,11?,12?,15?,16?,17?/m0/s1. The fraction of sp³-hybridized carbons (Fsp3) is 0.778. The summed E-state index contributed by atoms with van der Waals surface area (Å²) in [5.74, 6) is -2.13. The molecule has 1 rings (SSSR count). The first-order chi connectivity index (χ1) is 14.6. The number of aliphatic hydroxyl groups excluding tert-OH is 4. The van der Waals surface area contributed by atoms with Crippen molar-refractivity contribution in [3.05, 3.63) is 0 Å². The number of carbonyl (C=O) groups excluding carboxylic acids is 4. The summed E-state index contributed by atoms with van der Waals surface area (Å²) in [6.45, 7) is 0.577. The average molecular weight is 448 g/mol. The highest BCUT2D eigenvalue weighted by atomic mass is 16.5. The van der Waals surface area contributed by atoms with Gasteiger partial charge in [-0.15, -0.1) is 0 Å². The van der Waals surface area contributed by atoms with E-state index in [0.29, 0.717) is 12.8 Å². The molecule has 0 spiro atoms. The van der Waals surface area contributed by atoms with Gasteiger partial charge >= 0.3 is 0 Å². The Labute approximate surface area is 179 Å². The van der Waals surface area contributed by atoms with Gasteiger partial charge in [0.05, 0.1) is 25.7 Å². The number of unbranched alkanes of at least 4 members (excludes halogenated alkanes) is 1. The van der Waals surface area contributed by atoms with Gasteiger partial charge in [-0.1, -0.05) is 0 Å². The van der Waals surface area contributed by atoms with Gasteiger partial charge < -0.3 is 46.8 Å². The molecule has 1 heterocycles. The van der Waals surface area contributed by atoms with Gasteiger partial charge in [-0.3, -0.25) is 19.2 Å². The Bertz CT molecular complexity index is 631. The quantitative estimate of drug-likeness (QED) is 0.135. The van der Waals surface area contributed by atoms with Crippen LogP contribution in [-0.4, -0.2) is 100 Å². The van der Waals surface area contributed by atoms with Gasteiger partial charge in [0.1, 0.15) is 30.5 Å². The van der Waals surface area contributed by atoms with Crippen LogP contribution in [0.25, 0.3) is 0 Å². The molecule has 1 fully saturated rings. The third-order valence-corrected chi connectivity index (χ3v) is 4.75. The van der Waals surface area contributed by atoms with Crippen molar-refractivity contribution in [1.29, 1.82) is 0 Å². The van der Waals surface area contributed by atoms with Crippen LogP contribution in [0.4, 0.5) is 0 Å². The Balaban J connectivity index is 2.38. The number of carbonyl (C=O) groups is 4. The zero-order valence-corrected chi connectivity index (χ0v) is 17.3. The molecular weight excluding hydrogens is 416 g/mol. The summed E-state index contributed by atoms with van der Waals surface area (Å²) in [7, 11) is 0. The van der Waals surface area contributed by atoms with Gasteiger partial charge in [-0.2, -0.15) is 0 Å². The first-order valence-corrected chi connectivity index (χ1v) is 9.97. The molecule has 0 bridgehead atoms. The smallest absolute Gasteiger partial charge is 0.243 e. The fourth-order valence-electron chi connectivity index (χ4n) is 3.12. The van der Waals surface area contributed by atoms with E-state index in [4.69, 9.17) is 15.6 Å². The number of amides is 4. The summed E-state index contributed by atoms with van der Waals surface area (Å²) in [6, 6.07) is -0.846. The minimum Gasteiger partial charge on any atom is -0.394 e. The highest BCUT2D eigenvalue weighted by Gasteiger charge is 2.43. The molecule has 6 atom stereocenters. The summed E-state index contributed by atoms with van der Waals surface area (Å²) in [5, 5.41) is 46.0. The van der Waals surface area contributed by atoms with Gasteiger partial charge in [0.15, 0.2) is 0 Å². The lowest BCUT2D eigenvalue weighted by Crippen LogP contribution is -2.59. The molecule has 31 heavy (non-hydrogen) atoms. The number of primary amides is 1. The summed E-state index contributed by atoms with van der Waals surface area (Å²) in [5.41, 5.74) is 4.97. The Hall–Kier alpha value is -2.32. The number of nitrogens with one attached hydrogen (secondary N) is 3. The predicted octanol–water partition coefficient (Wildman–Crippen LogP) is -4.39. The summed E-state index contributed by atoms with van der Waals surface area (Å²) in [4.78, 5) is 46.1. The maximum atomic E-state index is 12.1. The van der Waals surface area contributed by atoms with E-state index in [1.165, 1.54) is 6.92 Å². The third kappa shape index (κ3) is 9.14. The predicted molar refractivity (Wildman–Crippen MR) is 105 cm³/mol. The Morgan fingerprint density at radius 3 is 2.23 bits per heavy atom. The molecule has 1 saturated heterocycles. The van der Waals surface area contributed by atoms with Crippen molar-refractivity contribution >= 4 is 23.6 Å². The van der Waals surface area contributed by atoms with Crippen molar-refractivity contribution in [2.45, 2.75) is 69.2 Å². The second-order valence-electron chi connectivity index (χ2n) is 7.35. The van der Waals surface area contributed by atoms with Gasteiger partial charge in [0.2, 0.25) is 23.6 Å². The van der Waals surface area contributed by atoms with Crippen molar-refractivity contribution in [3.63, 3.8) is 0 Å². The van der Waals surface area contributed by atoms with Crippen LogP contribution in [0.5, 0.6) is 0 Å². The molecule has 0 aromatic heterocycles. The molecule has 5 unspecified atom stereocenters. The van der Waals surface area contributed by atoms with E-state index in [1.54, 1.807) is 0 Å². The Kier molecular flexibility index (Phi) is 11.3. The number of hydrogen-bond donors (Lipinski definition) is 8. The van der Waals surface area contributed by atoms with E-state index in [2.05, 4.69) is 16.0 Å². The minimum absolute atomic E-state index is 0.242. The highest BCUT2D eigenvalue weighted by Crippen LogP contribution is 2.23. The minimum atomic E-state index is -1.55. The molecular formula is C18H32N4O9. The molecule has 4 amide bonds. The Morgan fingerprint density at radius 1 is 1.00 bits per heavy atom. The van der Waals surface area contributed by atoms with Crippen LogP contribution < -0.4 is 21.7 Å². The lowest BCUT2D eigenvalue weighted by Gasteiger charge is -2.39. The van der Waals surface area contributed by atoms with Crippen LogP contribution in [0.2, 0.25) is 0 Å². The van der Waals surface area contributed by atoms with E-state index in [-0.39, 0.29) is 25.9 Å². The van der Waals surface area contributed by atoms with Crippen LogP contribution in [-0.2, 0) is 23.9 Å². The number of nitrogens with two attached hydrogens (primary N) is 1. The van der Waals surface area contributed by atoms with Crippen LogP contribution in [0, 0.1) is 0 Å². The van der Waals surface area contributed by atoms with Gasteiger partial charge in [0, 0.05) is 13.5 Å². The van der Waals surface area contributed by atoms with Crippen molar-refractivity contribution in [2.75, 3.05) is 19.7 Å². The van der Waals surface area contributed by atoms with Crippen molar-refractivity contribution in [3.8, 4) is 0 Å². The maximum Gasteiger partial charge on any atom is 0.243 e. The second kappa shape index (κ2) is 13.2. The molecule has 13 heteroatoms. The molecule has 1 aliphatic heterocycles. The largest absolute Gasteiger partial charge is 0.394 e. The Morgan fingerprint density at radius 2 is 1.65 bits per heavy atom. The van der Waals surface area contributed by atoms with Crippen LogP contribution in [0.1, 0.15) is 32.6 Å². The monoisotopic (exact) mass is 448 g/mol. The molecule has 0 aromatic carbocycles. The first-order valence-electron chi connectivity index (χ1n) is 9.97. The summed E-state index contributed by atoms with van der Waals surface area (Å²) >= 11 is 0. The van der Waals surface area contributed by atoms with Crippen molar-refractivity contribution in [1.82, 2.24) is 16.0 Å². The lowest BCUT2D eigenvalue weighted by atomic mass is 9.93. The van der Waals surface area contributed by atoms with Crippen molar-refractivity contribution < 1.29 is 44.3 Å². The van der Waals surface area contributed by atoms with Gasteiger partial charge in [-0.25, -0.2) is 0 Å². The zero-order valence-electron chi connectivity index (χ0n) is 17.3. The SMILES string of the molecule is CC(=O)N[C@@H](CCCCNC(=O)CC1OC(CO)C(O)C(O)C1O)C(=O)NCC(N)=O. The van der Waals surface area contributed by atoms with E-state index in [0.717, 1.165) is 0 Å². The number of aliphatic hydroxyl groups is 4. The zero-order chi connectivity index (χ0) is 23.6. The first kappa shape index (κ1) is 26.7. The molecule has 0 radical (unpaired) electrons. The number of ether oxygens (including phenoxy) is 1. The molecule has 0 aliphatic carbocycles. The van der Waals surface area contributed by atoms with Crippen LogP contribution in [0.15, 0.2) is 0 Å². The molecule has 9 N–H and O–H groups in total. The molecule has 178 valence electrons. The lowest BCUT2D eigenvalue weighted by molar-refractivity contribution is -0.229. The van der Waals surface area contributed by atoms with E-state index < -0.39 is 66.8 Å². The fourth-order valence-corrected chi connectivity index (χ4v) is 3.12. The second-order valence-corrected chi connectivity index (χ2v) is 7.35. The summed E-state index contributed by atoms with van der Waals surface area (Å²) < 4.78 is 5.27. The molecule has 1 aliphatic rings. The van der Waals surface area contributed by atoms with Gasteiger partial charge in [0.25, 0.3) is 0 Å². The topological polar surface area (TPSA) is 221 Å². The highest BCUT2D eigenvalue weighted by molar-refractivity contribution is 5.89. The van der Waals surface area contributed by atoms with E-state index in [9.17, 15) is 34.5 Å².